The first-order valence-electron chi connectivity index (χ1n) is 6.17. The smallest absolute Gasteiger partial charge is 0.433 e. The van der Waals surface area contributed by atoms with Gasteiger partial charge in [-0.05, 0) is 12.1 Å². The third-order valence-electron chi connectivity index (χ3n) is 2.78. The van der Waals surface area contributed by atoms with Crippen molar-refractivity contribution in [3.05, 3.63) is 30.3 Å². The Labute approximate surface area is 107 Å². The summed E-state index contributed by atoms with van der Waals surface area (Å²) in [4.78, 5) is 13.6. The zero-order valence-electron chi connectivity index (χ0n) is 10.3. The summed E-state index contributed by atoms with van der Waals surface area (Å²) in [7, 11) is 0. The van der Waals surface area contributed by atoms with Crippen LogP contribution in [0.25, 0.3) is 0 Å². The van der Waals surface area contributed by atoms with E-state index in [0.717, 1.165) is 32.7 Å². The molecule has 0 unspecified atom stereocenters. The standard InChI is InChI=1S/C13H18N2O3/c16-13(18-12-4-2-1-3-5-12)17-11-10-15-8-6-14-7-9-15/h1-5,14H,6-11H2. The lowest BCUT2D eigenvalue weighted by atomic mass is 10.3. The summed E-state index contributed by atoms with van der Waals surface area (Å²) < 4.78 is 10.0. The fourth-order valence-electron chi connectivity index (χ4n) is 1.81. The summed E-state index contributed by atoms with van der Waals surface area (Å²) in [6.07, 6.45) is -0.642. The Kier molecular flexibility index (Phi) is 4.99. The molecule has 1 aliphatic heterocycles. The monoisotopic (exact) mass is 250 g/mol. The van der Waals surface area contributed by atoms with Crippen LogP contribution < -0.4 is 10.1 Å². The fraction of sp³-hybridized carbons (Fsp3) is 0.462. The molecule has 1 fully saturated rings. The van der Waals surface area contributed by atoms with Crippen molar-refractivity contribution >= 4 is 6.16 Å². The Hall–Kier alpha value is -1.59. The minimum absolute atomic E-state index is 0.367. The molecule has 0 aliphatic carbocycles. The summed E-state index contributed by atoms with van der Waals surface area (Å²) in [5.41, 5.74) is 0. The van der Waals surface area contributed by atoms with Crippen LogP contribution >= 0.6 is 0 Å². The van der Waals surface area contributed by atoms with Gasteiger partial charge in [0.2, 0.25) is 0 Å². The van der Waals surface area contributed by atoms with E-state index in [1.165, 1.54) is 0 Å². The molecule has 1 aromatic rings. The summed E-state index contributed by atoms with van der Waals surface area (Å²) in [5.74, 6) is 0.504. The largest absolute Gasteiger partial charge is 0.513 e. The highest BCUT2D eigenvalue weighted by Crippen LogP contribution is 2.08. The minimum Gasteiger partial charge on any atom is -0.433 e. The summed E-state index contributed by atoms with van der Waals surface area (Å²) >= 11 is 0. The average Bonchev–Trinajstić information content (AvgIpc) is 2.41. The molecule has 18 heavy (non-hydrogen) atoms. The number of nitrogens with one attached hydrogen (secondary N) is 1. The van der Waals surface area contributed by atoms with Gasteiger partial charge in [0, 0.05) is 32.7 Å². The normalized spacial score (nSPS) is 16.2. The number of rotatable bonds is 4. The number of para-hydroxylation sites is 1. The molecule has 1 N–H and O–H groups in total. The lowest BCUT2D eigenvalue weighted by Gasteiger charge is -2.26. The molecular weight excluding hydrogens is 232 g/mol. The molecule has 0 bridgehead atoms. The van der Waals surface area contributed by atoms with Crippen molar-refractivity contribution in [3.63, 3.8) is 0 Å². The molecule has 0 atom stereocenters. The Morgan fingerprint density at radius 2 is 1.94 bits per heavy atom. The van der Waals surface area contributed by atoms with Crippen LogP contribution in [0.3, 0.4) is 0 Å². The van der Waals surface area contributed by atoms with E-state index in [9.17, 15) is 4.79 Å². The Bertz CT molecular complexity index is 364. The number of ether oxygens (including phenoxy) is 2. The molecule has 0 radical (unpaired) electrons. The fourth-order valence-corrected chi connectivity index (χ4v) is 1.81. The molecule has 1 aromatic carbocycles. The molecule has 0 aromatic heterocycles. The van der Waals surface area contributed by atoms with Crippen LogP contribution in [0.5, 0.6) is 5.75 Å². The van der Waals surface area contributed by atoms with Gasteiger partial charge in [0.1, 0.15) is 12.4 Å². The second kappa shape index (κ2) is 6.98. The molecule has 0 amide bonds. The lowest BCUT2D eigenvalue weighted by molar-refractivity contribution is 0.0849. The van der Waals surface area contributed by atoms with Gasteiger partial charge in [-0.1, -0.05) is 18.2 Å². The van der Waals surface area contributed by atoms with E-state index < -0.39 is 6.16 Å². The van der Waals surface area contributed by atoms with Gasteiger partial charge in [-0.25, -0.2) is 4.79 Å². The summed E-state index contributed by atoms with van der Waals surface area (Å²) in [6, 6.07) is 8.92. The van der Waals surface area contributed by atoms with Crippen molar-refractivity contribution in [3.8, 4) is 5.75 Å². The maximum absolute atomic E-state index is 11.4. The number of benzene rings is 1. The minimum atomic E-state index is -0.642. The van der Waals surface area contributed by atoms with E-state index in [2.05, 4.69) is 10.2 Å². The van der Waals surface area contributed by atoms with Gasteiger partial charge < -0.3 is 14.8 Å². The van der Waals surface area contributed by atoms with Crippen LogP contribution in [-0.4, -0.2) is 50.4 Å². The van der Waals surface area contributed by atoms with Crippen molar-refractivity contribution < 1.29 is 14.3 Å². The quantitative estimate of drug-likeness (QED) is 0.641. The van der Waals surface area contributed by atoms with Crippen LogP contribution in [-0.2, 0) is 4.74 Å². The van der Waals surface area contributed by atoms with Crippen LogP contribution in [0.1, 0.15) is 0 Å². The Balaban J connectivity index is 1.62. The Morgan fingerprint density at radius 1 is 1.22 bits per heavy atom. The van der Waals surface area contributed by atoms with Crippen molar-refractivity contribution in [1.29, 1.82) is 0 Å². The molecule has 0 spiro atoms. The van der Waals surface area contributed by atoms with E-state index in [1.54, 1.807) is 12.1 Å². The maximum atomic E-state index is 11.4. The number of hydrogen-bond donors (Lipinski definition) is 1. The highest BCUT2D eigenvalue weighted by atomic mass is 16.7. The van der Waals surface area contributed by atoms with Crippen molar-refractivity contribution in [2.45, 2.75) is 0 Å². The van der Waals surface area contributed by atoms with Gasteiger partial charge in [0.05, 0.1) is 0 Å². The second-order valence-corrected chi connectivity index (χ2v) is 4.11. The van der Waals surface area contributed by atoms with Crippen LogP contribution in [0.2, 0.25) is 0 Å². The SMILES string of the molecule is O=C(OCCN1CCNCC1)Oc1ccccc1. The third kappa shape index (κ3) is 4.35. The number of carbonyl (C=O) groups is 1. The van der Waals surface area contributed by atoms with E-state index in [0.29, 0.717) is 12.4 Å². The molecule has 2 rings (SSSR count). The maximum Gasteiger partial charge on any atom is 0.513 e. The van der Waals surface area contributed by atoms with Crippen LogP contribution in [0.4, 0.5) is 4.79 Å². The molecule has 0 saturated carbocycles. The highest BCUT2D eigenvalue weighted by Gasteiger charge is 2.11. The molecule has 5 nitrogen and oxygen atoms in total. The van der Waals surface area contributed by atoms with E-state index in [-0.39, 0.29) is 0 Å². The number of hydrogen-bond acceptors (Lipinski definition) is 5. The van der Waals surface area contributed by atoms with Crippen LogP contribution in [0, 0.1) is 0 Å². The van der Waals surface area contributed by atoms with E-state index >= 15 is 0 Å². The van der Waals surface area contributed by atoms with Gasteiger partial charge in [-0.2, -0.15) is 0 Å². The number of piperazine rings is 1. The molecule has 98 valence electrons. The van der Waals surface area contributed by atoms with Gasteiger partial charge in [-0.3, -0.25) is 4.90 Å². The average molecular weight is 250 g/mol. The first kappa shape index (κ1) is 12.9. The second-order valence-electron chi connectivity index (χ2n) is 4.11. The molecular formula is C13H18N2O3. The summed E-state index contributed by atoms with van der Waals surface area (Å²) in [5, 5.41) is 3.27. The Morgan fingerprint density at radius 3 is 2.67 bits per heavy atom. The van der Waals surface area contributed by atoms with Gasteiger partial charge >= 0.3 is 6.16 Å². The predicted octanol–water partition coefficient (Wildman–Crippen LogP) is 1.11. The van der Waals surface area contributed by atoms with Crippen molar-refractivity contribution in [2.75, 3.05) is 39.3 Å². The zero-order chi connectivity index (χ0) is 12.6. The molecule has 1 saturated heterocycles. The van der Waals surface area contributed by atoms with Gasteiger partial charge in [0.15, 0.2) is 0 Å². The zero-order valence-corrected chi connectivity index (χ0v) is 10.3. The first-order chi connectivity index (χ1) is 8.84. The van der Waals surface area contributed by atoms with E-state index in [1.807, 2.05) is 18.2 Å². The molecule has 5 heteroatoms. The topological polar surface area (TPSA) is 50.8 Å². The van der Waals surface area contributed by atoms with E-state index in [4.69, 9.17) is 9.47 Å². The third-order valence-corrected chi connectivity index (χ3v) is 2.78. The summed E-state index contributed by atoms with van der Waals surface area (Å²) in [6.45, 7) is 5.11. The first-order valence-corrected chi connectivity index (χ1v) is 6.17. The predicted molar refractivity (Wildman–Crippen MR) is 67.7 cm³/mol. The molecule has 1 aliphatic rings. The van der Waals surface area contributed by atoms with Gasteiger partial charge in [0.25, 0.3) is 0 Å². The van der Waals surface area contributed by atoms with Crippen LogP contribution in [0.15, 0.2) is 30.3 Å². The number of carbonyl (C=O) groups excluding carboxylic acids is 1. The van der Waals surface area contributed by atoms with Crippen molar-refractivity contribution in [2.24, 2.45) is 0 Å². The number of nitrogens with zero attached hydrogens (tertiary/aromatic N) is 1. The lowest BCUT2D eigenvalue weighted by Crippen LogP contribution is -2.44. The van der Waals surface area contributed by atoms with Crippen molar-refractivity contribution in [1.82, 2.24) is 10.2 Å². The van der Waals surface area contributed by atoms with Gasteiger partial charge in [-0.15, -0.1) is 0 Å². The highest BCUT2D eigenvalue weighted by molar-refractivity contribution is 5.63. The molecule has 1 heterocycles.